The molecule has 0 saturated carbocycles. The highest BCUT2D eigenvalue weighted by atomic mass is 16.5. The van der Waals surface area contributed by atoms with Gasteiger partial charge in [-0.15, -0.1) is 0 Å². The van der Waals surface area contributed by atoms with Gasteiger partial charge >= 0.3 is 5.97 Å². The fraction of sp³-hybridized carbons (Fsp3) is 0.545. The minimum Gasteiger partial charge on any atom is -0.480 e. The van der Waals surface area contributed by atoms with Gasteiger partial charge in [-0.25, -0.2) is 0 Å². The molecule has 1 aromatic heterocycles. The highest BCUT2D eigenvalue weighted by molar-refractivity contribution is 5.90. The topological polar surface area (TPSA) is 105 Å². The number of amides is 1. The van der Waals surface area contributed by atoms with Crippen molar-refractivity contribution in [2.45, 2.75) is 19.1 Å². The van der Waals surface area contributed by atoms with Crippen LogP contribution in [-0.2, 0) is 20.9 Å². The highest BCUT2D eigenvalue weighted by Crippen LogP contribution is 2.08. The van der Waals surface area contributed by atoms with E-state index in [1.165, 1.54) is 17.1 Å². The Balaban J connectivity index is 1.81. The lowest BCUT2D eigenvalue weighted by molar-refractivity contribution is -0.137. The van der Waals surface area contributed by atoms with E-state index in [4.69, 9.17) is 9.84 Å². The molecular weight excluding hydrogens is 252 g/mol. The van der Waals surface area contributed by atoms with E-state index in [0.29, 0.717) is 18.8 Å². The Morgan fingerprint density at radius 1 is 1.63 bits per heavy atom. The number of hydrogen-bond donors (Lipinski definition) is 3. The fourth-order valence-electron chi connectivity index (χ4n) is 1.82. The second-order valence-electron chi connectivity index (χ2n) is 4.27. The number of nitrogens with one attached hydrogen (secondary N) is 2. The Kier molecular flexibility index (Phi) is 4.48. The maximum atomic E-state index is 11.7. The van der Waals surface area contributed by atoms with Gasteiger partial charge in [0.15, 0.2) is 0 Å². The van der Waals surface area contributed by atoms with Gasteiger partial charge < -0.3 is 20.5 Å². The lowest BCUT2D eigenvalue weighted by Gasteiger charge is -2.22. The van der Waals surface area contributed by atoms with Gasteiger partial charge in [0.1, 0.15) is 6.54 Å². The van der Waals surface area contributed by atoms with E-state index in [9.17, 15) is 9.59 Å². The van der Waals surface area contributed by atoms with Gasteiger partial charge in [0.25, 0.3) is 0 Å². The lowest BCUT2D eigenvalue weighted by Crippen LogP contribution is -2.40. The molecule has 1 aliphatic heterocycles. The van der Waals surface area contributed by atoms with Crippen molar-refractivity contribution in [2.75, 3.05) is 25.0 Å². The third-order valence-electron chi connectivity index (χ3n) is 2.63. The van der Waals surface area contributed by atoms with Crippen molar-refractivity contribution in [3.63, 3.8) is 0 Å². The fourth-order valence-corrected chi connectivity index (χ4v) is 1.82. The molecule has 2 heterocycles. The van der Waals surface area contributed by atoms with Gasteiger partial charge in [0.05, 0.1) is 31.0 Å². The molecule has 104 valence electrons. The minimum absolute atomic E-state index is 0.122. The summed E-state index contributed by atoms with van der Waals surface area (Å²) in [5.41, 5.74) is 0.481. The molecule has 1 atom stereocenters. The van der Waals surface area contributed by atoms with Crippen molar-refractivity contribution < 1.29 is 19.4 Å². The number of nitrogens with zero attached hydrogens (tertiary/aromatic N) is 2. The first kappa shape index (κ1) is 13.5. The molecule has 0 aliphatic carbocycles. The molecule has 1 saturated heterocycles. The summed E-state index contributed by atoms with van der Waals surface area (Å²) < 4.78 is 6.67. The summed E-state index contributed by atoms with van der Waals surface area (Å²) in [5.74, 6) is -1.16. The average molecular weight is 268 g/mol. The first-order valence-electron chi connectivity index (χ1n) is 6.00. The van der Waals surface area contributed by atoms with Crippen molar-refractivity contribution in [3.05, 3.63) is 12.4 Å². The number of ether oxygens (including phenoxy) is 1. The second-order valence-corrected chi connectivity index (χ2v) is 4.27. The van der Waals surface area contributed by atoms with E-state index < -0.39 is 5.97 Å². The molecule has 0 spiro atoms. The number of morpholine rings is 1. The number of aliphatic carboxylic acids is 1. The average Bonchev–Trinajstić information content (AvgIpc) is 2.76. The predicted molar refractivity (Wildman–Crippen MR) is 65.7 cm³/mol. The van der Waals surface area contributed by atoms with E-state index in [0.717, 1.165) is 6.54 Å². The summed E-state index contributed by atoms with van der Waals surface area (Å²) in [7, 11) is 0. The number of anilines is 1. The molecule has 0 aromatic carbocycles. The summed E-state index contributed by atoms with van der Waals surface area (Å²) in [6.45, 7) is 1.84. The van der Waals surface area contributed by atoms with Crippen LogP contribution in [0.1, 0.15) is 6.42 Å². The smallest absolute Gasteiger partial charge is 0.325 e. The quantitative estimate of drug-likeness (QED) is 0.651. The molecule has 1 unspecified atom stereocenters. The zero-order valence-electron chi connectivity index (χ0n) is 10.3. The number of carbonyl (C=O) groups is 2. The van der Waals surface area contributed by atoms with Gasteiger partial charge in [-0.2, -0.15) is 5.10 Å². The Hall–Kier alpha value is -1.93. The highest BCUT2D eigenvalue weighted by Gasteiger charge is 2.17. The first-order valence-corrected chi connectivity index (χ1v) is 6.00. The van der Waals surface area contributed by atoms with Crippen LogP contribution in [0.2, 0.25) is 0 Å². The molecule has 0 radical (unpaired) electrons. The van der Waals surface area contributed by atoms with Crippen LogP contribution in [0.15, 0.2) is 12.4 Å². The first-order chi connectivity index (χ1) is 9.13. The summed E-state index contributed by atoms with van der Waals surface area (Å²) in [5, 5.41) is 18.2. The lowest BCUT2D eigenvalue weighted by atomic mass is 10.2. The standard InChI is InChI=1S/C11H16N4O4/c16-10(3-9-5-12-1-2-19-9)14-8-4-13-15(6-8)7-11(17)18/h4,6,9,12H,1-3,5,7H2,(H,14,16)(H,17,18). The van der Waals surface area contributed by atoms with Crippen LogP contribution >= 0.6 is 0 Å². The summed E-state index contributed by atoms with van der Waals surface area (Å²) >= 11 is 0. The zero-order chi connectivity index (χ0) is 13.7. The zero-order valence-corrected chi connectivity index (χ0v) is 10.3. The molecule has 8 nitrogen and oxygen atoms in total. The normalized spacial score (nSPS) is 19.1. The van der Waals surface area contributed by atoms with Crippen LogP contribution < -0.4 is 10.6 Å². The molecule has 0 bridgehead atoms. The Bertz CT molecular complexity index is 453. The number of carboxylic acids is 1. The number of rotatable bonds is 5. The predicted octanol–water partition coefficient (Wildman–Crippen LogP) is -0.715. The van der Waals surface area contributed by atoms with Crippen LogP contribution in [0.5, 0.6) is 0 Å². The van der Waals surface area contributed by atoms with Gasteiger partial charge in [-0.3, -0.25) is 14.3 Å². The van der Waals surface area contributed by atoms with E-state index in [1.54, 1.807) is 0 Å². The largest absolute Gasteiger partial charge is 0.480 e. The van der Waals surface area contributed by atoms with Crippen LogP contribution in [0.3, 0.4) is 0 Å². The third-order valence-corrected chi connectivity index (χ3v) is 2.63. The van der Waals surface area contributed by atoms with Crippen LogP contribution in [0.25, 0.3) is 0 Å². The van der Waals surface area contributed by atoms with Crippen LogP contribution in [-0.4, -0.2) is 52.6 Å². The molecule has 1 fully saturated rings. The minimum atomic E-state index is -0.984. The monoisotopic (exact) mass is 268 g/mol. The van der Waals surface area contributed by atoms with Crippen molar-refractivity contribution in [3.8, 4) is 0 Å². The summed E-state index contributed by atoms with van der Waals surface area (Å²) in [6.07, 6.45) is 3.03. The second kappa shape index (κ2) is 6.30. The van der Waals surface area contributed by atoms with Crippen molar-refractivity contribution in [1.82, 2.24) is 15.1 Å². The number of carbonyl (C=O) groups excluding carboxylic acids is 1. The molecule has 19 heavy (non-hydrogen) atoms. The molecule has 8 heteroatoms. The molecule has 1 amide bonds. The van der Waals surface area contributed by atoms with Crippen molar-refractivity contribution in [2.24, 2.45) is 0 Å². The Morgan fingerprint density at radius 3 is 3.16 bits per heavy atom. The third kappa shape index (κ3) is 4.34. The van der Waals surface area contributed by atoms with E-state index in [1.807, 2.05) is 0 Å². The maximum Gasteiger partial charge on any atom is 0.325 e. The molecule has 2 rings (SSSR count). The molecule has 1 aromatic rings. The van der Waals surface area contributed by atoms with Crippen molar-refractivity contribution in [1.29, 1.82) is 0 Å². The number of hydrogen-bond acceptors (Lipinski definition) is 5. The molecule has 1 aliphatic rings. The molecular formula is C11H16N4O4. The summed E-state index contributed by atoms with van der Waals surface area (Å²) in [6, 6.07) is 0. The Labute approximate surface area is 109 Å². The van der Waals surface area contributed by atoms with E-state index >= 15 is 0 Å². The summed E-state index contributed by atoms with van der Waals surface area (Å²) in [4.78, 5) is 22.2. The number of carboxylic acid groups (broad SMARTS) is 1. The van der Waals surface area contributed by atoms with Gasteiger partial charge in [0.2, 0.25) is 5.91 Å². The number of aromatic nitrogens is 2. The van der Waals surface area contributed by atoms with Crippen LogP contribution in [0.4, 0.5) is 5.69 Å². The van der Waals surface area contributed by atoms with E-state index in [2.05, 4.69) is 15.7 Å². The van der Waals surface area contributed by atoms with E-state index in [-0.39, 0.29) is 25.0 Å². The SMILES string of the molecule is O=C(O)Cn1cc(NC(=O)CC2CNCCO2)cn1. The van der Waals surface area contributed by atoms with Gasteiger partial charge in [0, 0.05) is 19.3 Å². The molecule has 3 N–H and O–H groups in total. The van der Waals surface area contributed by atoms with Gasteiger partial charge in [-0.1, -0.05) is 0 Å². The van der Waals surface area contributed by atoms with Crippen LogP contribution in [0, 0.1) is 0 Å². The van der Waals surface area contributed by atoms with Gasteiger partial charge in [-0.05, 0) is 0 Å². The Morgan fingerprint density at radius 2 is 2.47 bits per heavy atom. The maximum absolute atomic E-state index is 11.7. The van der Waals surface area contributed by atoms with Crippen molar-refractivity contribution >= 4 is 17.6 Å².